The van der Waals surface area contributed by atoms with E-state index < -0.39 is 0 Å². The summed E-state index contributed by atoms with van der Waals surface area (Å²) in [4.78, 5) is 19.7. The van der Waals surface area contributed by atoms with E-state index in [4.69, 9.17) is 19.2 Å². The van der Waals surface area contributed by atoms with Gasteiger partial charge in [0.15, 0.2) is 11.7 Å². The third-order valence-electron chi connectivity index (χ3n) is 5.03. The summed E-state index contributed by atoms with van der Waals surface area (Å²) >= 11 is 1.48. The Kier molecular flexibility index (Phi) is 6.56. The van der Waals surface area contributed by atoms with Gasteiger partial charge < -0.3 is 14.2 Å². The van der Waals surface area contributed by atoms with Crippen molar-refractivity contribution < 1.29 is 19.0 Å². The molecule has 0 atom stereocenters. The Morgan fingerprint density at radius 3 is 2.50 bits per heavy atom. The molecule has 3 aromatic carbocycles. The zero-order chi connectivity index (χ0) is 22.5. The zero-order valence-electron chi connectivity index (χ0n) is 18.2. The fourth-order valence-electron chi connectivity index (χ4n) is 3.32. The first-order valence-corrected chi connectivity index (χ1v) is 11.0. The number of anilines is 1. The molecule has 0 aliphatic rings. The lowest BCUT2D eigenvalue weighted by Crippen LogP contribution is -2.34. The van der Waals surface area contributed by atoms with Crippen molar-refractivity contribution in [3.05, 3.63) is 77.9 Å². The number of thiazole rings is 1. The Morgan fingerprint density at radius 1 is 0.969 bits per heavy atom. The van der Waals surface area contributed by atoms with E-state index in [9.17, 15) is 4.79 Å². The van der Waals surface area contributed by atoms with Crippen LogP contribution < -0.4 is 19.1 Å². The zero-order valence-corrected chi connectivity index (χ0v) is 19.0. The Hall–Kier alpha value is -3.58. The molecule has 0 bridgehead atoms. The lowest BCUT2D eigenvalue weighted by molar-refractivity contribution is -0.120. The first kappa shape index (κ1) is 21.6. The van der Waals surface area contributed by atoms with Crippen molar-refractivity contribution in [1.29, 1.82) is 0 Å². The van der Waals surface area contributed by atoms with E-state index in [0.29, 0.717) is 28.9 Å². The average Bonchev–Trinajstić information content (AvgIpc) is 3.28. The van der Waals surface area contributed by atoms with Gasteiger partial charge in [0.2, 0.25) is 0 Å². The molecule has 0 radical (unpaired) electrons. The van der Waals surface area contributed by atoms with E-state index in [0.717, 1.165) is 21.3 Å². The first-order valence-electron chi connectivity index (χ1n) is 10.1. The largest absolute Gasteiger partial charge is 0.497 e. The molecule has 4 rings (SSSR count). The van der Waals surface area contributed by atoms with Crippen LogP contribution in [0, 0.1) is 6.92 Å². The van der Waals surface area contributed by atoms with Gasteiger partial charge in [-0.15, -0.1) is 0 Å². The van der Waals surface area contributed by atoms with Gasteiger partial charge in [0.25, 0.3) is 5.91 Å². The van der Waals surface area contributed by atoms with E-state index >= 15 is 0 Å². The molecule has 1 aromatic heterocycles. The quantitative estimate of drug-likeness (QED) is 0.369. The van der Waals surface area contributed by atoms with Crippen molar-refractivity contribution >= 4 is 32.6 Å². The smallest absolute Gasteiger partial charge is 0.267 e. The van der Waals surface area contributed by atoms with Crippen LogP contribution >= 0.6 is 11.3 Å². The highest BCUT2D eigenvalue weighted by molar-refractivity contribution is 7.22. The van der Waals surface area contributed by atoms with Crippen LogP contribution in [0.1, 0.15) is 11.1 Å². The van der Waals surface area contributed by atoms with E-state index in [1.807, 2.05) is 61.5 Å². The topological polar surface area (TPSA) is 60.9 Å². The number of aromatic nitrogens is 1. The minimum Gasteiger partial charge on any atom is -0.497 e. The molecule has 6 nitrogen and oxygen atoms in total. The monoisotopic (exact) mass is 448 g/mol. The molecule has 0 aliphatic heterocycles. The fraction of sp³-hybridized carbons (Fsp3) is 0.200. The number of carbonyl (C=O) groups is 1. The molecule has 7 heteroatoms. The number of methoxy groups -OCH3 is 2. The summed E-state index contributed by atoms with van der Waals surface area (Å²) < 4.78 is 17.5. The Morgan fingerprint density at radius 2 is 1.75 bits per heavy atom. The molecule has 164 valence electrons. The van der Waals surface area contributed by atoms with Crippen LogP contribution in [0.3, 0.4) is 0 Å². The van der Waals surface area contributed by atoms with Gasteiger partial charge in [-0.1, -0.05) is 53.8 Å². The number of nitrogens with zero attached hydrogens (tertiary/aromatic N) is 2. The predicted octanol–water partition coefficient (Wildman–Crippen LogP) is 5.23. The maximum absolute atomic E-state index is 13.3. The fourth-order valence-corrected chi connectivity index (χ4v) is 4.39. The summed E-state index contributed by atoms with van der Waals surface area (Å²) in [5.41, 5.74) is 2.85. The van der Waals surface area contributed by atoms with Crippen molar-refractivity contribution in [2.75, 3.05) is 25.7 Å². The maximum Gasteiger partial charge on any atom is 0.267 e. The summed E-state index contributed by atoms with van der Waals surface area (Å²) in [5.74, 6) is 1.74. The number of amides is 1. The summed E-state index contributed by atoms with van der Waals surface area (Å²) in [6.45, 7) is 2.30. The highest BCUT2D eigenvalue weighted by Crippen LogP contribution is 2.37. The van der Waals surface area contributed by atoms with Crippen molar-refractivity contribution in [1.82, 2.24) is 4.98 Å². The predicted molar refractivity (Wildman–Crippen MR) is 127 cm³/mol. The second-order valence-electron chi connectivity index (χ2n) is 7.19. The lowest BCUT2D eigenvalue weighted by atomic mass is 10.2. The molecule has 0 unspecified atom stereocenters. The highest BCUT2D eigenvalue weighted by atomic mass is 32.1. The molecule has 1 amide bonds. The molecule has 0 fully saturated rings. The number of hydrogen-bond donors (Lipinski definition) is 0. The van der Waals surface area contributed by atoms with E-state index in [1.54, 1.807) is 31.3 Å². The maximum atomic E-state index is 13.3. The molecule has 0 N–H and O–H groups in total. The van der Waals surface area contributed by atoms with Crippen LogP contribution in [0.25, 0.3) is 10.2 Å². The third-order valence-corrected chi connectivity index (χ3v) is 6.24. The average molecular weight is 449 g/mol. The van der Waals surface area contributed by atoms with Gasteiger partial charge in [-0.25, -0.2) is 4.98 Å². The number of hydrogen-bond acceptors (Lipinski definition) is 6. The van der Waals surface area contributed by atoms with Crippen LogP contribution in [0.4, 0.5) is 5.13 Å². The van der Waals surface area contributed by atoms with Gasteiger partial charge in [0, 0.05) is 6.07 Å². The van der Waals surface area contributed by atoms with Crippen molar-refractivity contribution in [3.8, 4) is 17.2 Å². The third kappa shape index (κ3) is 4.68. The van der Waals surface area contributed by atoms with Crippen LogP contribution in [0.2, 0.25) is 0 Å². The summed E-state index contributed by atoms with van der Waals surface area (Å²) in [5, 5.41) is 0.607. The van der Waals surface area contributed by atoms with Gasteiger partial charge in [-0.05, 0) is 36.2 Å². The van der Waals surface area contributed by atoms with Gasteiger partial charge >= 0.3 is 0 Å². The number of fused-ring (bicyclic) bond motifs is 1. The summed E-state index contributed by atoms with van der Waals surface area (Å²) in [6.07, 6.45) is 0. The molecule has 0 spiro atoms. The Balaban J connectivity index is 1.65. The van der Waals surface area contributed by atoms with Crippen LogP contribution in [-0.4, -0.2) is 31.7 Å². The number of benzene rings is 3. The van der Waals surface area contributed by atoms with Crippen LogP contribution in [0.5, 0.6) is 17.2 Å². The molecule has 32 heavy (non-hydrogen) atoms. The molecular weight excluding hydrogens is 424 g/mol. The molecule has 0 saturated carbocycles. The Bertz CT molecular complexity index is 1220. The lowest BCUT2D eigenvalue weighted by Gasteiger charge is -2.20. The first-order chi connectivity index (χ1) is 15.6. The SMILES string of the molecule is COc1cccc(OCC(=O)N(Cc2ccccc2)c2nc3c(OC)ccc(C)c3s2)c1. The van der Waals surface area contributed by atoms with Gasteiger partial charge in [0.05, 0.1) is 25.5 Å². The summed E-state index contributed by atoms with van der Waals surface area (Å²) in [7, 11) is 3.22. The molecule has 1 heterocycles. The van der Waals surface area contributed by atoms with E-state index in [2.05, 4.69) is 0 Å². The summed E-state index contributed by atoms with van der Waals surface area (Å²) in [6, 6.07) is 20.9. The van der Waals surface area contributed by atoms with E-state index in [1.165, 1.54) is 11.3 Å². The normalized spacial score (nSPS) is 10.7. The number of aryl methyl sites for hydroxylation is 1. The molecule has 0 aliphatic carbocycles. The minimum atomic E-state index is -0.188. The highest BCUT2D eigenvalue weighted by Gasteiger charge is 2.22. The molecule has 4 aromatic rings. The van der Waals surface area contributed by atoms with Gasteiger partial charge in [-0.2, -0.15) is 0 Å². The molecular formula is C25H24N2O4S. The van der Waals surface area contributed by atoms with Crippen LogP contribution in [-0.2, 0) is 11.3 Å². The number of ether oxygens (including phenoxy) is 3. The van der Waals surface area contributed by atoms with Crippen LogP contribution in [0.15, 0.2) is 66.7 Å². The van der Waals surface area contributed by atoms with E-state index in [-0.39, 0.29) is 12.5 Å². The molecule has 0 saturated heterocycles. The standard InChI is InChI=1S/C25H24N2O4S/c1-17-12-13-21(30-3)23-24(17)32-25(26-23)27(15-18-8-5-4-6-9-18)22(28)16-31-20-11-7-10-19(14-20)29-2/h4-14H,15-16H2,1-3H3. The van der Waals surface area contributed by atoms with Crippen molar-refractivity contribution in [2.45, 2.75) is 13.5 Å². The number of rotatable bonds is 8. The van der Waals surface area contributed by atoms with Gasteiger partial charge in [-0.3, -0.25) is 9.69 Å². The number of carbonyl (C=O) groups excluding carboxylic acids is 1. The minimum absolute atomic E-state index is 0.119. The Labute approximate surface area is 191 Å². The van der Waals surface area contributed by atoms with Crippen molar-refractivity contribution in [2.24, 2.45) is 0 Å². The second kappa shape index (κ2) is 9.70. The van der Waals surface area contributed by atoms with Crippen molar-refractivity contribution in [3.63, 3.8) is 0 Å². The van der Waals surface area contributed by atoms with Gasteiger partial charge in [0.1, 0.15) is 22.8 Å². The second-order valence-corrected chi connectivity index (χ2v) is 8.17.